The normalized spacial score (nSPS) is 12.4. The molecule has 0 spiro atoms. The summed E-state index contributed by atoms with van der Waals surface area (Å²) in [4.78, 5) is 39.3. The quantitative estimate of drug-likeness (QED) is 0.0400. The zero-order chi connectivity index (χ0) is 38.4. The maximum atomic E-state index is 13.6. The van der Waals surface area contributed by atoms with Crippen LogP contribution in [0, 0.1) is 5.92 Å². The highest BCUT2D eigenvalue weighted by Gasteiger charge is 2.25. The molecule has 4 rings (SSSR count). The molecule has 0 radical (unpaired) electrons. The summed E-state index contributed by atoms with van der Waals surface area (Å²) in [6.07, 6.45) is 5.87. The van der Waals surface area contributed by atoms with E-state index in [0.717, 1.165) is 28.0 Å². The summed E-state index contributed by atoms with van der Waals surface area (Å²) in [5.41, 5.74) is 3.95. The zero-order valence-electron chi connectivity index (χ0n) is 30.9. The van der Waals surface area contributed by atoms with Crippen LogP contribution in [0.2, 0.25) is 0 Å². The fourth-order valence-corrected chi connectivity index (χ4v) is 5.78. The molecule has 3 atom stereocenters. The number of ether oxygens (including phenoxy) is 3. The second kappa shape index (κ2) is 23.1. The van der Waals surface area contributed by atoms with Gasteiger partial charge in [-0.05, 0) is 78.6 Å². The average molecular weight is 733 g/mol. The van der Waals surface area contributed by atoms with Crippen LogP contribution < -0.4 is 20.1 Å². The van der Waals surface area contributed by atoms with Crippen molar-refractivity contribution < 1.29 is 33.7 Å². The van der Waals surface area contributed by atoms with Crippen molar-refractivity contribution in [3.05, 3.63) is 157 Å². The fraction of sp³-hybridized carbons (Fsp3) is 0.311. The third kappa shape index (κ3) is 15.1. The monoisotopic (exact) mass is 732 g/mol. The van der Waals surface area contributed by atoms with Gasteiger partial charge in [-0.25, -0.2) is 0 Å². The third-order valence-corrected chi connectivity index (χ3v) is 8.73. The molecule has 4 aromatic rings. The Hall–Kier alpha value is -5.67. The molecule has 3 unspecified atom stereocenters. The van der Waals surface area contributed by atoms with Crippen molar-refractivity contribution in [2.45, 2.75) is 70.2 Å². The van der Waals surface area contributed by atoms with Crippen LogP contribution in [0.1, 0.15) is 54.4 Å². The van der Waals surface area contributed by atoms with E-state index in [9.17, 15) is 19.5 Å². The lowest BCUT2D eigenvalue weighted by Gasteiger charge is -2.23. The molecule has 0 fully saturated rings. The average Bonchev–Trinajstić information content (AvgIpc) is 3.19. The van der Waals surface area contributed by atoms with Gasteiger partial charge in [0.25, 0.3) is 0 Å². The van der Waals surface area contributed by atoms with Gasteiger partial charge in [-0.2, -0.15) is 0 Å². The first kappa shape index (κ1) is 41.1. The Balaban J connectivity index is 1.32. The van der Waals surface area contributed by atoms with E-state index >= 15 is 0 Å². The summed E-state index contributed by atoms with van der Waals surface area (Å²) in [5, 5.41) is 16.0. The molecule has 54 heavy (non-hydrogen) atoms. The van der Waals surface area contributed by atoms with E-state index in [1.165, 1.54) is 0 Å². The first-order valence-electron chi connectivity index (χ1n) is 18.4. The lowest BCUT2D eigenvalue weighted by atomic mass is 9.97. The summed E-state index contributed by atoms with van der Waals surface area (Å²) in [5.74, 6) is -0.368. The van der Waals surface area contributed by atoms with E-state index in [1.807, 2.05) is 109 Å². The summed E-state index contributed by atoms with van der Waals surface area (Å²) >= 11 is 0. The van der Waals surface area contributed by atoms with Crippen molar-refractivity contribution in [3.63, 3.8) is 0 Å². The van der Waals surface area contributed by atoms with Gasteiger partial charge < -0.3 is 30.0 Å². The molecule has 2 amide bonds. The molecule has 0 saturated heterocycles. The van der Waals surface area contributed by atoms with Crippen LogP contribution in [-0.2, 0) is 45.2 Å². The van der Waals surface area contributed by atoms with E-state index in [-0.39, 0.29) is 50.3 Å². The minimum atomic E-state index is -0.720. The van der Waals surface area contributed by atoms with Crippen molar-refractivity contribution in [2.75, 3.05) is 13.2 Å². The number of carbonyl (C=O) groups is 3. The maximum Gasteiger partial charge on any atom is 0.305 e. The van der Waals surface area contributed by atoms with Crippen LogP contribution in [0.15, 0.2) is 135 Å². The van der Waals surface area contributed by atoms with E-state index in [2.05, 4.69) is 23.8 Å². The number of rotatable bonds is 24. The second-order valence-electron chi connectivity index (χ2n) is 13.2. The Morgan fingerprint density at radius 3 is 1.70 bits per heavy atom. The number of aliphatic hydroxyl groups is 1. The SMILES string of the molecule is C=CCCCC(=O)OCC(Cc1ccc(OCc2ccccc2)cc1)NC(=O)C(CC=C)CC(=O)NC(CO)Cc1ccc(OCc2ccccc2)cc1. The standard InChI is InChI=1S/C45H52N2O7/c1-3-5-8-18-44(50)54-33-40(28-35-21-25-42(26-22-35)53-32-37-16-11-7-12-17-37)47-45(51)38(13-4-2)29-43(49)46-39(30-48)27-34-19-23-41(24-20-34)52-31-36-14-9-6-10-15-36/h3-4,6-7,9-12,14-17,19-26,38-40,48H,1-2,5,8,13,18,27-33H2,(H,46,49)(H,47,51). The van der Waals surface area contributed by atoms with Gasteiger partial charge in [0.15, 0.2) is 0 Å². The second-order valence-corrected chi connectivity index (χ2v) is 13.2. The lowest BCUT2D eigenvalue weighted by Crippen LogP contribution is -2.45. The Morgan fingerprint density at radius 1 is 0.667 bits per heavy atom. The van der Waals surface area contributed by atoms with Crippen molar-refractivity contribution in [1.82, 2.24) is 10.6 Å². The van der Waals surface area contributed by atoms with Crippen molar-refractivity contribution >= 4 is 17.8 Å². The number of aliphatic hydroxyl groups excluding tert-OH is 1. The summed E-state index contributed by atoms with van der Waals surface area (Å²) < 4.78 is 17.4. The summed E-state index contributed by atoms with van der Waals surface area (Å²) in [6, 6.07) is 33.8. The van der Waals surface area contributed by atoms with Gasteiger partial charge in [0, 0.05) is 12.8 Å². The minimum absolute atomic E-state index is 0.0272. The van der Waals surface area contributed by atoms with Crippen LogP contribution in [0.4, 0.5) is 0 Å². The Bertz CT molecular complexity index is 1730. The Labute approximate surface area is 319 Å². The minimum Gasteiger partial charge on any atom is -0.489 e. The van der Waals surface area contributed by atoms with Gasteiger partial charge in [0.2, 0.25) is 11.8 Å². The molecule has 0 aromatic heterocycles. The number of carbonyl (C=O) groups excluding carboxylic acids is 3. The van der Waals surface area contributed by atoms with Crippen molar-refractivity contribution in [1.29, 1.82) is 0 Å². The first-order chi connectivity index (χ1) is 26.3. The van der Waals surface area contributed by atoms with E-state index in [4.69, 9.17) is 14.2 Å². The smallest absolute Gasteiger partial charge is 0.305 e. The van der Waals surface area contributed by atoms with Crippen LogP contribution >= 0.6 is 0 Å². The Kier molecular flexibility index (Phi) is 17.6. The van der Waals surface area contributed by atoms with Crippen LogP contribution in [-0.4, -0.2) is 48.2 Å². The highest BCUT2D eigenvalue weighted by atomic mass is 16.5. The molecule has 9 nitrogen and oxygen atoms in total. The molecular weight excluding hydrogens is 681 g/mol. The van der Waals surface area contributed by atoms with Gasteiger partial charge in [-0.1, -0.05) is 97.1 Å². The molecule has 0 bridgehead atoms. The van der Waals surface area contributed by atoms with E-state index in [1.54, 1.807) is 12.2 Å². The number of benzene rings is 4. The van der Waals surface area contributed by atoms with E-state index in [0.29, 0.717) is 44.6 Å². The highest BCUT2D eigenvalue weighted by molar-refractivity contribution is 5.86. The van der Waals surface area contributed by atoms with E-state index < -0.39 is 18.0 Å². The number of esters is 1. The number of unbranched alkanes of at least 4 members (excludes halogenated alkanes) is 1. The molecule has 0 saturated carbocycles. The number of amides is 2. The number of nitrogens with one attached hydrogen (secondary N) is 2. The molecule has 284 valence electrons. The van der Waals surface area contributed by atoms with Crippen molar-refractivity contribution in [3.8, 4) is 11.5 Å². The van der Waals surface area contributed by atoms with Gasteiger partial charge in [-0.15, -0.1) is 13.2 Å². The fourth-order valence-electron chi connectivity index (χ4n) is 5.78. The predicted molar refractivity (Wildman–Crippen MR) is 211 cm³/mol. The number of hydrogen-bond donors (Lipinski definition) is 3. The maximum absolute atomic E-state index is 13.6. The van der Waals surface area contributed by atoms with Gasteiger partial charge in [0.05, 0.1) is 24.6 Å². The van der Waals surface area contributed by atoms with Crippen LogP contribution in [0.25, 0.3) is 0 Å². The van der Waals surface area contributed by atoms with Crippen LogP contribution in [0.5, 0.6) is 11.5 Å². The van der Waals surface area contributed by atoms with Gasteiger partial charge >= 0.3 is 5.97 Å². The lowest BCUT2D eigenvalue weighted by molar-refractivity contribution is -0.145. The van der Waals surface area contributed by atoms with Gasteiger partial charge in [-0.3, -0.25) is 14.4 Å². The Morgan fingerprint density at radius 2 is 1.20 bits per heavy atom. The number of allylic oxidation sites excluding steroid dienone is 2. The molecular formula is C45H52N2O7. The molecule has 0 heterocycles. The first-order valence-corrected chi connectivity index (χ1v) is 18.4. The predicted octanol–water partition coefficient (Wildman–Crippen LogP) is 7.07. The highest BCUT2D eigenvalue weighted by Crippen LogP contribution is 2.18. The van der Waals surface area contributed by atoms with Gasteiger partial charge in [0.1, 0.15) is 31.3 Å². The molecule has 0 aliphatic rings. The molecule has 4 aromatic carbocycles. The number of hydrogen-bond acceptors (Lipinski definition) is 7. The van der Waals surface area contributed by atoms with Crippen LogP contribution in [0.3, 0.4) is 0 Å². The zero-order valence-corrected chi connectivity index (χ0v) is 30.9. The topological polar surface area (TPSA) is 123 Å². The molecule has 9 heteroatoms. The third-order valence-electron chi connectivity index (χ3n) is 8.73. The molecule has 3 N–H and O–H groups in total. The molecule has 0 aliphatic heterocycles. The summed E-state index contributed by atoms with van der Waals surface area (Å²) in [6.45, 7) is 8.08. The van der Waals surface area contributed by atoms with Crippen molar-refractivity contribution in [2.24, 2.45) is 5.92 Å². The molecule has 0 aliphatic carbocycles. The largest absolute Gasteiger partial charge is 0.489 e. The summed E-state index contributed by atoms with van der Waals surface area (Å²) in [7, 11) is 0.